The number of nitrogens with zero attached hydrogens (tertiary/aromatic N) is 3. The molecule has 0 atom stereocenters. The first kappa shape index (κ1) is 16.8. The quantitative estimate of drug-likeness (QED) is 0.551. The minimum absolute atomic E-state index is 0.0239. The number of carbonyl (C=O) groups excluding carboxylic acids is 1. The number of hydrogen-bond acceptors (Lipinski definition) is 3. The van der Waals surface area contributed by atoms with Crippen molar-refractivity contribution in [3.05, 3.63) is 84.8 Å². The minimum atomic E-state index is -0.0239. The maximum absolute atomic E-state index is 12.3. The van der Waals surface area contributed by atoms with Crippen LogP contribution in [-0.2, 0) is 11.2 Å². The van der Waals surface area contributed by atoms with Crippen molar-refractivity contribution < 1.29 is 4.79 Å². The summed E-state index contributed by atoms with van der Waals surface area (Å²) in [6.07, 6.45) is 6.50. The molecular formula is C21H19N5O. The van der Waals surface area contributed by atoms with Crippen molar-refractivity contribution in [3.8, 4) is 16.9 Å². The lowest BCUT2D eigenvalue weighted by Crippen LogP contribution is -2.12. The van der Waals surface area contributed by atoms with Gasteiger partial charge in [-0.15, -0.1) is 0 Å². The highest BCUT2D eigenvalue weighted by Gasteiger charge is 2.07. The molecular weight excluding hydrogens is 338 g/mol. The van der Waals surface area contributed by atoms with Crippen LogP contribution in [0.2, 0.25) is 0 Å². The number of aromatic amines is 1. The number of benzene rings is 2. The first-order valence-electron chi connectivity index (χ1n) is 8.76. The van der Waals surface area contributed by atoms with Gasteiger partial charge in [0.2, 0.25) is 5.91 Å². The summed E-state index contributed by atoms with van der Waals surface area (Å²) < 4.78 is 1.82. The minimum Gasteiger partial charge on any atom is -0.326 e. The second kappa shape index (κ2) is 7.70. The summed E-state index contributed by atoms with van der Waals surface area (Å²) in [5, 5.41) is 14.2. The van der Waals surface area contributed by atoms with Gasteiger partial charge in [-0.1, -0.05) is 30.3 Å². The van der Waals surface area contributed by atoms with Gasteiger partial charge in [0.25, 0.3) is 0 Å². The van der Waals surface area contributed by atoms with Crippen molar-refractivity contribution in [2.45, 2.75) is 12.8 Å². The lowest BCUT2D eigenvalue weighted by molar-refractivity contribution is -0.116. The zero-order valence-corrected chi connectivity index (χ0v) is 14.7. The van der Waals surface area contributed by atoms with Crippen LogP contribution in [0.4, 0.5) is 5.69 Å². The summed E-state index contributed by atoms with van der Waals surface area (Å²) in [5.41, 5.74) is 4.70. The molecule has 134 valence electrons. The molecule has 0 radical (unpaired) electrons. The molecule has 1 amide bonds. The third kappa shape index (κ3) is 4.12. The fraction of sp³-hybridized carbons (Fsp3) is 0.0952. The van der Waals surface area contributed by atoms with Crippen LogP contribution in [0, 0.1) is 0 Å². The Bertz CT molecular complexity index is 1020. The first-order valence-corrected chi connectivity index (χ1v) is 8.76. The summed E-state index contributed by atoms with van der Waals surface area (Å²) in [4.78, 5) is 12.3. The van der Waals surface area contributed by atoms with Crippen LogP contribution >= 0.6 is 0 Å². The lowest BCUT2D eigenvalue weighted by atomic mass is 10.1. The van der Waals surface area contributed by atoms with E-state index in [0.29, 0.717) is 12.8 Å². The third-order valence-electron chi connectivity index (χ3n) is 4.26. The van der Waals surface area contributed by atoms with Crippen molar-refractivity contribution in [1.29, 1.82) is 0 Å². The van der Waals surface area contributed by atoms with E-state index in [1.165, 1.54) is 0 Å². The predicted molar refractivity (Wildman–Crippen MR) is 105 cm³/mol. The van der Waals surface area contributed by atoms with Crippen molar-refractivity contribution in [2.75, 3.05) is 5.32 Å². The van der Waals surface area contributed by atoms with Gasteiger partial charge in [-0.2, -0.15) is 10.2 Å². The standard InChI is InChI=1S/C21H19N5O/c27-21(24-18-6-4-5-17(13-18)20-11-12-22-25-20)10-9-16-14-23-26(15-16)19-7-2-1-3-8-19/h1-8,11-15H,9-10H2,(H,22,25)(H,24,27). The highest BCUT2D eigenvalue weighted by molar-refractivity contribution is 5.91. The molecule has 0 bridgehead atoms. The van der Waals surface area contributed by atoms with Gasteiger partial charge in [0.15, 0.2) is 0 Å². The SMILES string of the molecule is O=C(CCc1cnn(-c2ccccc2)c1)Nc1cccc(-c2ccn[nH]2)c1. The van der Waals surface area contributed by atoms with Crippen molar-refractivity contribution >= 4 is 11.6 Å². The van der Waals surface area contributed by atoms with Gasteiger partial charge >= 0.3 is 0 Å². The smallest absolute Gasteiger partial charge is 0.224 e. The van der Waals surface area contributed by atoms with E-state index in [1.807, 2.05) is 71.5 Å². The monoisotopic (exact) mass is 357 g/mol. The molecule has 0 spiro atoms. The van der Waals surface area contributed by atoms with Gasteiger partial charge in [0, 0.05) is 30.1 Å². The molecule has 6 heteroatoms. The molecule has 0 saturated heterocycles. The molecule has 2 aromatic carbocycles. The summed E-state index contributed by atoms with van der Waals surface area (Å²) in [5.74, 6) is -0.0239. The zero-order valence-electron chi connectivity index (χ0n) is 14.7. The molecule has 0 aliphatic heterocycles. The van der Waals surface area contributed by atoms with E-state index in [-0.39, 0.29) is 5.91 Å². The summed E-state index contributed by atoms with van der Waals surface area (Å²) in [6, 6.07) is 19.5. The second-order valence-electron chi connectivity index (χ2n) is 6.23. The van der Waals surface area contributed by atoms with E-state index in [4.69, 9.17) is 0 Å². The number of aryl methyl sites for hydroxylation is 1. The van der Waals surface area contributed by atoms with Gasteiger partial charge in [0.05, 0.1) is 17.6 Å². The highest BCUT2D eigenvalue weighted by Crippen LogP contribution is 2.20. The maximum Gasteiger partial charge on any atom is 0.224 e. The van der Waals surface area contributed by atoms with Gasteiger partial charge in [-0.25, -0.2) is 4.68 Å². The molecule has 2 heterocycles. The fourth-order valence-electron chi connectivity index (χ4n) is 2.87. The van der Waals surface area contributed by atoms with E-state index in [2.05, 4.69) is 20.6 Å². The van der Waals surface area contributed by atoms with Crippen molar-refractivity contribution in [2.24, 2.45) is 0 Å². The van der Waals surface area contributed by atoms with Gasteiger partial charge in [0.1, 0.15) is 0 Å². The van der Waals surface area contributed by atoms with Crippen LogP contribution in [0.3, 0.4) is 0 Å². The summed E-state index contributed by atoms with van der Waals surface area (Å²) in [6.45, 7) is 0. The molecule has 27 heavy (non-hydrogen) atoms. The number of rotatable bonds is 6. The lowest BCUT2D eigenvalue weighted by Gasteiger charge is -2.06. The second-order valence-corrected chi connectivity index (χ2v) is 6.23. The molecule has 4 aromatic rings. The third-order valence-corrected chi connectivity index (χ3v) is 4.26. The zero-order chi connectivity index (χ0) is 18.5. The van der Waals surface area contributed by atoms with Crippen molar-refractivity contribution in [3.63, 3.8) is 0 Å². The number of nitrogens with one attached hydrogen (secondary N) is 2. The molecule has 0 aliphatic carbocycles. The average molecular weight is 357 g/mol. The highest BCUT2D eigenvalue weighted by atomic mass is 16.1. The largest absolute Gasteiger partial charge is 0.326 e. The molecule has 0 fully saturated rings. The van der Waals surface area contributed by atoms with Crippen LogP contribution in [0.1, 0.15) is 12.0 Å². The maximum atomic E-state index is 12.3. The van der Waals surface area contributed by atoms with E-state index in [1.54, 1.807) is 12.4 Å². The van der Waals surface area contributed by atoms with Gasteiger partial charge < -0.3 is 5.32 Å². The Hall–Kier alpha value is -3.67. The normalized spacial score (nSPS) is 10.7. The molecule has 4 rings (SSSR count). The Morgan fingerprint density at radius 2 is 1.96 bits per heavy atom. The van der Waals surface area contributed by atoms with Crippen LogP contribution < -0.4 is 5.32 Å². The van der Waals surface area contributed by atoms with E-state index in [9.17, 15) is 4.79 Å². The van der Waals surface area contributed by atoms with Gasteiger partial charge in [-0.05, 0) is 42.3 Å². The van der Waals surface area contributed by atoms with Crippen molar-refractivity contribution in [1.82, 2.24) is 20.0 Å². The Morgan fingerprint density at radius 1 is 1.07 bits per heavy atom. The Kier molecular flexibility index (Phi) is 4.78. The van der Waals surface area contributed by atoms with Gasteiger partial charge in [-0.3, -0.25) is 9.89 Å². The number of carbonyl (C=O) groups is 1. The van der Waals surface area contributed by atoms with Crippen LogP contribution in [0.25, 0.3) is 16.9 Å². The molecule has 2 N–H and O–H groups in total. The van der Waals surface area contributed by atoms with Crippen LogP contribution in [0.15, 0.2) is 79.3 Å². The van der Waals surface area contributed by atoms with Crippen LogP contribution in [0.5, 0.6) is 0 Å². The Labute approximate surface area is 156 Å². The predicted octanol–water partition coefficient (Wildman–Crippen LogP) is 3.83. The molecule has 2 aromatic heterocycles. The first-order chi connectivity index (χ1) is 13.3. The van der Waals surface area contributed by atoms with E-state index < -0.39 is 0 Å². The molecule has 0 saturated carbocycles. The summed E-state index contributed by atoms with van der Waals surface area (Å²) in [7, 11) is 0. The Morgan fingerprint density at radius 3 is 2.78 bits per heavy atom. The van der Waals surface area contributed by atoms with Crippen LogP contribution in [-0.4, -0.2) is 25.9 Å². The Balaban J connectivity index is 1.35. The summed E-state index contributed by atoms with van der Waals surface area (Å²) >= 11 is 0. The van der Waals surface area contributed by atoms with E-state index >= 15 is 0 Å². The average Bonchev–Trinajstić information content (AvgIpc) is 3.40. The number of aromatic nitrogens is 4. The fourth-order valence-corrected chi connectivity index (χ4v) is 2.87. The molecule has 6 nitrogen and oxygen atoms in total. The topological polar surface area (TPSA) is 75.6 Å². The number of amides is 1. The van der Waals surface area contributed by atoms with E-state index in [0.717, 1.165) is 28.2 Å². The number of hydrogen-bond donors (Lipinski definition) is 2. The number of anilines is 1. The number of para-hydroxylation sites is 1. The molecule has 0 aliphatic rings. The number of H-pyrrole nitrogens is 1. The molecule has 0 unspecified atom stereocenters.